The summed E-state index contributed by atoms with van der Waals surface area (Å²) in [5.74, 6) is 0.874. The van der Waals surface area contributed by atoms with E-state index in [2.05, 4.69) is 34.5 Å². The number of anilines is 1. The van der Waals surface area contributed by atoms with Gasteiger partial charge in [-0.2, -0.15) is 0 Å². The molecule has 112 valence electrons. The molecular formula is C19H16N4. The Bertz CT molecular complexity index is 890. The van der Waals surface area contributed by atoms with Crippen molar-refractivity contribution in [1.82, 2.24) is 14.6 Å². The molecule has 2 N–H and O–H groups in total. The number of benzene rings is 2. The van der Waals surface area contributed by atoms with Crippen LogP contribution in [-0.4, -0.2) is 14.6 Å². The Morgan fingerprint density at radius 2 is 1.35 bits per heavy atom. The molecule has 4 heteroatoms. The van der Waals surface area contributed by atoms with Crippen LogP contribution in [0.15, 0.2) is 79.0 Å². The Morgan fingerprint density at radius 1 is 0.739 bits per heavy atom. The second kappa shape index (κ2) is 5.57. The number of nitrogens with zero attached hydrogens (tertiary/aromatic N) is 3. The Kier molecular flexibility index (Phi) is 3.27. The fourth-order valence-corrected chi connectivity index (χ4v) is 2.90. The first kappa shape index (κ1) is 13.5. The molecule has 0 unspecified atom stereocenters. The summed E-state index contributed by atoms with van der Waals surface area (Å²) < 4.78 is 1.97. The summed E-state index contributed by atoms with van der Waals surface area (Å²) in [6.07, 6.45) is 1.88. The molecule has 0 aliphatic heterocycles. The fourth-order valence-electron chi connectivity index (χ4n) is 2.90. The molecule has 0 aliphatic rings. The summed E-state index contributed by atoms with van der Waals surface area (Å²) in [7, 11) is 0. The van der Waals surface area contributed by atoms with Gasteiger partial charge in [0.1, 0.15) is 5.82 Å². The van der Waals surface area contributed by atoms with Crippen LogP contribution in [0.2, 0.25) is 0 Å². The van der Waals surface area contributed by atoms with E-state index in [-0.39, 0.29) is 5.92 Å². The van der Waals surface area contributed by atoms with Crippen molar-refractivity contribution in [2.75, 3.05) is 5.73 Å². The van der Waals surface area contributed by atoms with Crippen LogP contribution in [0.1, 0.15) is 22.9 Å². The molecule has 23 heavy (non-hydrogen) atoms. The van der Waals surface area contributed by atoms with Crippen LogP contribution in [0, 0.1) is 0 Å². The molecule has 0 spiro atoms. The molecule has 0 fully saturated rings. The standard InChI is InChI=1S/C19H16N4/c20-16-11-12-17-21-22-19(23(17)13-16)18(14-7-3-1-4-8-14)15-9-5-2-6-10-15/h1-13,18H,20H2. The van der Waals surface area contributed by atoms with Gasteiger partial charge >= 0.3 is 0 Å². The van der Waals surface area contributed by atoms with E-state index in [9.17, 15) is 0 Å². The molecule has 0 radical (unpaired) electrons. The van der Waals surface area contributed by atoms with Gasteiger partial charge < -0.3 is 5.73 Å². The monoisotopic (exact) mass is 300 g/mol. The van der Waals surface area contributed by atoms with Gasteiger partial charge in [-0.3, -0.25) is 4.40 Å². The van der Waals surface area contributed by atoms with E-state index in [0.29, 0.717) is 5.69 Å². The van der Waals surface area contributed by atoms with Crippen LogP contribution in [0.25, 0.3) is 5.65 Å². The highest BCUT2D eigenvalue weighted by Gasteiger charge is 2.22. The van der Waals surface area contributed by atoms with Gasteiger partial charge in [0.15, 0.2) is 5.65 Å². The van der Waals surface area contributed by atoms with Crippen LogP contribution >= 0.6 is 0 Å². The molecule has 0 amide bonds. The van der Waals surface area contributed by atoms with Crippen molar-refractivity contribution in [2.24, 2.45) is 0 Å². The first-order valence-electron chi connectivity index (χ1n) is 7.53. The van der Waals surface area contributed by atoms with Crippen molar-refractivity contribution in [3.8, 4) is 0 Å². The van der Waals surface area contributed by atoms with Crippen LogP contribution in [0.5, 0.6) is 0 Å². The van der Waals surface area contributed by atoms with Crippen molar-refractivity contribution >= 4 is 11.3 Å². The molecule has 2 aromatic heterocycles. The minimum absolute atomic E-state index is 0.00852. The van der Waals surface area contributed by atoms with E-state index in [0.717, 1.165) is 11.5 Å². The number of fused-ring (bicyclic) bond motifs is 1. The van der Waals surface area contributed by atoms with Crippen molar-refractivity contribution in [3.63, 3.8) is 0 Å². The zero-order valence-electron chi connectivity index (χ0n) is 12.5. The Hall–Kier alpha value is -3.14. The Labute approximate surface area is 134 Å². The molecule has 4 rings (SSSR count). The normalized spacial score (nSPS) is 11.2. The third-order valence-corrected chi connectivity index (χ3v) is 3.98. The smallest absolute Gasteiger partial charge is 0.160 e. The third kappa shape index (κ3) is 2.44. The van der Waals surface area contributed by atoms with E-state index < -0.39 is 0 Å². The summed E-state index contributed by atoms with van der Waals surface area (Å²) in [5, 5.41) is 8.74. The van der Waals surface area contributed by atoms with Crippen LogP contribution in [-0.2, 0) is 0 Å². The number of rotatable bonds is 3. The average Bonchev–Trinajstić information content (AvgIpc) is 3.00. The lowest BCUT2D eigenvalue weighted by Gasteiger charge is -2.16. The maximum absolute atomic E-state index is 5.95. The molecule has 2 aromatic carbocycles. The molecular weight excluding hydrogens is 284 g/mol. The molecule has 0 atom stereocenters. The van der Waals surface area contributed by atoms with E-state index in [1.807, 2.05) is 59.1 Å². The van der Waals surface area contributed by atoms with Crippen LogP contribution < -0.4 is 5.73 Å². The van der Waals surface area contributed by atoms with Gasteiger partial charge in [-0.1, -0.05) is 60.7 Å². The SMILES string of the molecule is Nc1ccc2nnc(C(c3ccccc3)c3ccccc3)n2c1. The summed E-state index contributed by atoms with van der Waals surface area (Å²) in [6, 6.07) is 24.4. The summed E-state index contributed by atoms with van der Waals surface area (Å²) in [5.41, 5.74) is 9.80. The predicted octanol–water partition coefficient (Wildman–Crippen LogP) is 3.49. The van der Waals surface area contributed by atoms with Crippen LogP contribution in [0.3, 0.4) is 0 Å². The average molecular weight is 300 g/mol. The van der Waals surface area contributed by atoms with Crippen molar-refractivity contribution in [2.45, 2.75) is 5.92 Å². The highest BCUT2D eigenvalue weighted by atomic mass is 15.2. The largest absolute Gasteiger partial charge is 0.398 e. The third-order valence-electron chi connectivity index (χ3n) is 3.98. The Morgan fingerprint density at radius 3 is 1.96 bits per heavy atom. The summed E-state index contributed by atoms with van der Waals surface area (Å²) >= 11 is 0. The second-order valence-electron chi connectivity index (χ2n) is 5.50. The number of nitrogen functional groups attached to an aromatic ring is 1. The van der Waals surface area contributed by atoms with Gasteiger partial charge in [0, 0.05) is 11.9 Å². The summed E-state index contributed by atoms with van der Waals surface area (Å²) in [6.45, 7) is 0. The highest BCUT2D eigenvalue weighted by Crippen LogP contribution is 2.31. The number of aromatic nitrogens is 3. The van der Waals surface area contributed by atoms with Crippen molar-refractivity contribution in [1.29, 1.82) is 0 Å². The minimum atomic E-state index is 0.00852. The lowest BCUT2D eigenvalue weighted by molar-refractivity contribution is 0.834. The number of pyridine rings is 1. The van der Waals surface area contributed by atoms with Crippen molar-refractivity contribution in [3.05, 3.63) is 95.9 Å². The maximum atomic E-state index is 5.95. The van der Waals surface area contributed by atoms with E-state index in [1.165, 1.54) is 11.1 Å². The van der Waals surface area contributed by atoms with Gasteiger partial charge in [0.2, 0.25) is 0 Å². The Balaban J connectivity index is 1.96. The molecule has 4 nitrogen and oxygen atoms in total. The summed E-state index contributed by atoms with van der Waals surface area (Å²) in [4.78, 5) is 0. The number of hydrogen-bond donors (Lipinski definition) is 1. The quantitative estimate of drug-likeness (QED) is 0.630. The molecule has 4 aromatic rings. The zero-order chi connectivity index (χ0) is 15.6. The molecule has 0 saturated heterocycles. The molecule has 0 saturated carbocycles. The van der Waals surface area contributed by atoms with E-state index in [1.54, 1.807) is 0 Å². The van der Waals surface area contributed by atoms with Gasteiger partial charge in [-0.25, -0.2) is 0 Å². The predicted molar refractivity (Wildman–Crippen MR) is 91.2 cm³/mol. The van der Waals surface area contributed by atoms with E-state index >= 15 is 0 Å². The van der Waals surface area contributed by atoms with Gasteiger partial charge in [0.25, 0.3) is 0 Å². The number of hydrogen-bond acceptors (Lipinski definition) is 3. The van der Waals surface area contributed by atoms with Gasteiger partial charge in [0.05, 0.1) is 5.92 Å². The second-order valence-corrected chi connectivity index (χ2v) is 5.50. The topological polar surface area (TPSA) is 56.2 Å². The molecule has 2 heterocycles. The van der Waals surface area contributed by atoms with E-state index in [4.69, 9.17) is 5.73 Å². The van der Waals surface area contributed by atoms with Gasteiger partial charge in [-0.05, 0) is 23.3 Å². The lowest BCUT2D eigenvalue weighted by Crippen LogP contribution is -2.08. The van der Waals surface area contributed by atoms with Crippen LogP contribution in [0.4, 0.5) is 5.69 Å². The molecule has 0 bridgehead atoms. The lowest BCUT2D eigenvalue weighted by atomic mass is 9.90. The first-order chi connectivity index (χ1) is 11.3. The zero-order valence-corrected chi connectivity index (χ0v) is 12.5. The van der Waals surface area contributed by atoms with Crippen molar-refractivity contribution < 1.29 is 0 Å². The highest BCUT2D eigenvalue weighted by molar-refractivity contribution is 5.49. The maximum Gasteiger partial charge on any atom is 0.160 e. The fraction of sp³-hybridized carbons (Fsp3) is 0.0526. The number of nitrogens with two attached hydrogens (primary N) is 1. The van der Waals surface area contributed by atoms with Gasteiger partial charge in [-0.15, -0.1) is 10.2 Å². The minimum Gasteiger partial charge on any atom is -0.398 e. The molecule has 0 aliphatic carbocycles. The first-order valence-corrected chi connectivity index (χ1v) is 7.53.